The maximum absolute atomic E-state index is 11.7. The Morgan fingerprint density at radius 1 is 1.32 bits per heavy atom. The Bertz CT molecular complexity index is 450. The molecule has 0 aromatic heterocycles. The number of hydrogen-bond donors (Lipinski definition) is 4. The second kappa shape index (κ2) is 6.32. The number of thiocarbonyl (C=S) groups is 1. The molecule has 0 unspecified atom stereocenters. The van der Waals surface area contributed by atoms with Gasteiger partial charge in [0.05, 0.1) is 0 Å². The lowest BCUT2D eigenvalue weighted by molar-refractivity contribution is -0.126. The van der Waals surface area contributed by atoms with Gasteiger partial charge in [0.2, 0.25) is 5.91 Å². The minimum absolute atomic E-state index is 0.369. The first-order valence-electron chi connectivity index (χ1n) is 5.11. The summed E-state index contributed by atoms with van der Waals surface area (Å²) in [6.45, 7) is 0.402. The summed E-state index contributed by atoms with van der Waals surface area (Å²) in [5.74, 6) is 0.159. The second-order valence-electron chi connectivity index (χ2n) is 3.86. The largest absolute Gasteiger partial charge is 0.340 e. The first-order valence-corrected chi connectivity index (χ1v) is 9.86. The lowest BCUT2D eigenvalue weighted by Gasteiger charge is -2.20. The maximum atomic E-state index is 11.7. The van der Waals surface area contributed by atoms with E-state index in [0.29, 0.717) is 16.6 Å². The maximum Gasteiger partial charge on any atom is 0.340 e. The minimum Gasteiger partial charge on any atom is -0.324 e. The number of nitrogens with zero attached hydrogens (tertiary/aromatic N) is 1. The van der Waals surface area contributed by atoms with Gasteiger partial charge in [-0.15, -0.1) is 0 Å². The molecule has 4 N–H and O–H groups in total. The molecule has 0 aliphatic carbocycles. The average molecular weight is 349 g/mol. The number of carbonyl (C=O) groups excluding carboxylic acids is 1. The van der Waals surface area contributed by atoms with Gasteiger partial charge in [-0.1, -0.05) is 24.0 Å². The van der Waals surface area contributed by atoms with E-state index in [1.54, 1.807) is 0 Å². The summed E-state index contributed by atoms with van der Waals surface area (Å²) in [6.07, 6.45) is -0.960. The highest BCUT2D eigenvalue weighted by Gasteiger charge is 2.43. The first kappa shape index (κ1) is 17.3. The standard InChI is InChI=1S/C7H13NO7P2S2/c9-5(8-3-4-19-7(8)18)1-2-6(16(10,11)12)17(13,14)15/h6H,1-4H2,(H2,10,11,12)(H2,13,14,15). The number of hydrogen-bond acceptors (Lipinski definition) is 5. The summed E-state index contributed by atoms with van der Waals surface area (Å²) < 4.78 is 22.4. The molecule has 12 heteroatoms. The molecule has 8 nitrogen and oxygen atoms in total. The molecule has 110 valence electrons. The Kier molecular flexibility index (Phi) is 5.74. The third-order valence-electron chi connectivity index (χ3n) is 2.45. The van der Waals surface area contributed by atoms with E-state index in [0.717, 1.165) is 0 Å². The van der Waals surface area contributed by atoms with Crippen molar-refractivity contribution in [3.63, 3.8) is 0 Å². The van der Waals surface area contributed by atoms with Gasteiger partial charge in [-0.2, -0.15) is 0 Å². The van der Waals surface area contributed by atoms with Crippen molar-refractivity contribution in [3.8, 4) is 0 Å². The molecule has 1 rings (SSSR count). The third-order valence-corrected chi connectivity index (χ3v) is 7.76. The summed E-state index contributed by atoms with van der Waals surface area (Å²) in [7, 11) is -9.94. The van der Waals surface area contributed by atoms with Crippen LogP contribution in [-0.2, 0) is 13.9 Å². The topological polar surface area (TPSA) is 135 Å². The summed E-state index contributed by atoms with van der Waals surface area (Å²) in [5, 5.41) is -2.15. The predicted molar refractivity (Wildman–Crippen MR) is 73.9 cm³/mol. The van der Waals surface area contributed by atoms with Crippen LogP contribution in [0.25, 0.3) is 0 Å². The molecule has 0 aromatic rings. The Hall–Kier alpha value is 0.210. The molecular formula is C7H13NO7P2S2. The number of thioether (sulfide) groups is 1. The van der Waals surface area contributed by atoms with Gasteiger partial charge >= 0.3 is 15.2 Å². The first-order chi connectivity index (χ1) is 8.53. The fraction of sp³-hybridized carbons (Fsp3) is 0.714. The van der Waals surface area contributed by atoms with E-state index in [9.17, 15) is 13.9 Å². The van der Waals surface area contributed by atoms with Gasteiger partial charge < -0.3 is 19.6 Å². The predicted octanol–water partition coefficient (Wildman–Crippen LogP) is 0.308. The molecule has 0 spiro atoms. The molecule has 0 atom stereocenters. The van der Waals surface area contributed by atoms with Gasteiger partial charge in [-0.25, -0.2) is 0 Å². The molecule has 1 saturated heterocycles. The molecule has 0 saturated carbocycles. The van der Waals surface area contributed by atoms with E-state index in [1.807, 2.05) is 0 Å². The molecule has 1 aliphatic rings. The highest BCUT2D eigenvalue weighted by atomic mass is 32.2. The quantitative estimate of drug-likeness (QED) is 0.408. The highest BCUT2D eigenvalue weighted by Crippen LogP contribution is 2.61. The highest BCUT2D eigenvalue weighted by molar-refractivity contribution is 8.23. The average Bonchev–Trinajstić information content (AvgIpc) is 2.60. The van der Waals surface area contributed by atoms with Crippen LogP contribution in [0.1, 0.15) is 12.8 Å². The van der Waals surface area contributed by atoms with Crippen LogP contribution in [0.2, 0.25) is 0 Å². The van der Waals surface area contributed by atoms with Gasteiger partial charge in [0.1, 0.15) is 4.32 Å². The fourth-order valence-electron chi connectivity index (χ4n) is 1.54. The molecule has 0 aromatic carbocycles. The van der Waals surface area contributed by atoms with Crippen LogP contribution in [0.3, 0.4) is 0 Å². The molecular weight excluding hydrogens is 336 g/mol. The van der Waals surface area contributed by atoms with E-state index in [4.69, 9.17) is 31.8 Å². The number of amides is 1. The zero-order chi connectivity index (χ0) is 14.8. The molecule has 1 fully saturated rings. The van der Waals surface area contributed by atoms with Crippen LogP contribution in [-0.4, -0.2) is 52.4 Å². The second-order valence-corrected chi connectivity index (χ2v) is 9.60. The molecule has 19 heavy (non-hydrogen) atoms. The van der Waals surface area contributed by atoms with Crippen molar-refractivity contribution in [2.45, 2.75) is 18.2 Å². The Morgan fingerprint density at radius 2 is 1.84 bits per heavy atom. The van der Waals surface area contributed by atoms with Crippen molar-refractivity contribution in [1.82, 2.24) is 4.90 Å². The Balaban J connectivity index is 2.68. The van der Waals surface area contributed by atoms with E-state index >= 15 is 0 Å². The van der Waals surface area contributed by atoms with Crippen LogP contribution in [0, 0.1) is 0 Å². The van der Waals surface area contributed by atoms with Crippen LogP contribution >= 0.6 is 39.2 Å². The van der Waals surface area contributed by atoms with Crippen molar-refractivity contribution in [3.05, 3.63) is 0 Å². The van der Waals surface area contributed by atoms with Crippen LogP contribution in [0.4, 0.5) is 0 Å². The summed E-state index contributed by atoms with van der Waals surface area (Å²) in [5.41, 5.74) is 0. The molecule has 1 heterocycles. The van der Waals surface area contributed by atoms with Crippen LogP contribution in [0.5, 0.6) is 0 Å². The number of rotatable bonds is 5. The van der Waals surface area contributed by atoms with Gasteiger partial charge in [0.25, 0.3) is 0 Å². The lowest BCUT2D eigenvalue weighted by atomic mass is 10.3. The Morgan fingerprint density at radius 3 is 2.21 bits per heavy atom. The fourth-order valence-corrected chi connectivity index (χ4v) is 5.28. The smallest absolute Gasteiger partial charge is 0.324 e. The SMILES string of the molecule is O=C(CCC(P(=O)(O)O)P(=O)(O)O)N1CCSC1=S. The zero-order valence-corrected chi connectivity index (χ0v) is 13.0. The van der Waals surface area contributed by atoms with Crippen molar-refractivity contribution in [2.24, 2.45) is 0 Å². The monoisotopic (exact) mass is 349 g/mol. The van der Waals surface area contributed by atoms with Gasteiger partial charge in [0.15, 0.2) is 5.40 Å². The van der Waals surface area contributed by atoms with Crippen molar-refractivity contribution in [1.29, 1.82) is 0 Å². The van der Waals surface area contributed by atoms with Gasteiger partial charge in [0, 0.05) is 18.7 Å². The number of carbonyl (C=O) groups is 1. The van der Waals surface area contributed by atoms with E-state index in [-0.39, 0.29) is 6.42 Å². The Labute approximate surface area is 118 Å². The van der Waals surface area contributed by atoms with E-state index in [2.05, 4.69) is 0 Å². The molecule has 0 bridgehead atoms. The van der Waals surface area contributed by atoms with Crippen LogP contribution in [0.15, 0.2) is 0 Å². The van der Waals surface area contributed by atoms with Gasteiger partial charge in [-0.05, 0) is 6.42 Å². The van der Waals surface area contributed by atoms with Crippen LogP contribution < -0.4 is 0 Å². The minimum atomic E-state index is -4.97. The van der Waals surface area contributed by atoms with E-state index in [1.165, 1.54) is 16.7 Å². The zero-order valence-electron chi connectivity index (χ0n) is 9.58. The normalized spacial score (nSPS) is 17.3. The third kappa shape index (κ3) is 4.91. The molecule has 0 radical (unpaired) electrons. The summed E-state index contributed by atoms with van der Waals surface area (Å²) in [6, 6.07) is 0. The van der Waals surface area contributed by atoms with E-state index < -0.39 is 32.9 Å². The summed E-state index contributed by atoms with van der Waals surface area (Å²) in [4.78, 5) is 48.6. The lowest BCUT2D eigenvalue weighted by Crippen LogP contribution is -2.31. The van der Waals surface area contributed by atoms with Gasteiger partial charge in [-0.3, -0.25) is 18.8 Å². The van der Waals surface area contributed by atoms with Crippen molar-refractivity contribution < 1.29 is 33.5 Å². The van der Waals surface area contributed by atoms with Crippen molar-refractivity contribution in [2.75, 3.05) is 12.3 Å². The molecule has 1 amide bonds. The van der Waals surface area contributed by atoms with Crippen molar-refractivity contribution >= 4 is 49.4 Å². The molecule has 1 aliphatic heterocycles. The summed E-state index contributed by atoms with van der Waals surface area (Å²) >= 11 is 6.21.